The third-order valence-corrected chi connectivity index (χ3v) is 3.99. The fraction of sp³-hybridized carbons (Fsp3) is 0.588. The van der Waals surface area contributed by atoms with Crippen LogP contribution in [-0.4, -0.2) is 48.1 Å². The molecule has 21 heavy (non-hydrogen) atoms. The predicted molar refractivity (Wildman–Crippen MR) is 81.9 cm³/mol. The zero-order chi connectivity index (χ0) is 15.1. The molecule has 1 aromatic carbocycles. The average molecular weight is 291 g/mol. The molecule has 1 N–H and O–H groups in total. The van der Waals surface area contributed by atoms with Crippen LogP contribution in [0.3, 0.4) is 0 Å². The van der Waals surface area contributed by atoms with Gasteiger partial charge in [0.1, 0.15) is 5.78 Å². The van der Waals surface area contributed by atoms with Crippen molar-refractivity contribution >= 4 is 5.78 Å². The SMILES string of the molecule is CCC1CN(CC(O)COCc2ccccc2)CCC1=O. The number of rotatable bonds is 7. The second-order valence-electron chi connectivity index (χ2n) is 5.74. The number of aliphatic hydroxyl groups is 1. The molecule has 0 saturated carbocycles. The molecule has 1 aliphatic rings. The lowest BCUT2D eigenvalue weighted by Gasteiger charge is -2.32. The van der Waals surface area contributed by atoms with Gasteiger partial charge in [0.05, 0.1) is 19.3 Å². The molecule has 1 heterocycles. The van der Waals surface area contributed by atoms with Gasteiger partial charge in [-0.3, -0.25) is 9.69 Å². The maximum Gasteiger partial charge on any atom is 0.138 e. The maximum absolute atomic E-state index is 11.7. The zero-order valence-corrected chi connectivity index (χ0v) is 12.7. The highest BCUT2D eigenvalue weighted by Gasteiger charge is 2.26. The lowest BCUT2D eigenvalue weighted by molar-refractivity contribution is -0.127. The lowest BCUT2D eigenvalue weighted by atomic mass is 9.94. The molecule has 2 rings (SSSR count). The molecule has 116 valence electrons. The summed E-state index contributed by atoms with van der Waals surface area (Å²) < 4.78 is 5.55. The lowest BCUT2D eigenvalue weighted by Crippen LogP contribution is -2.44. The number of nitrogens with zero attached hydrogens (tertiary/aromatic N) is 1. The third-order valence-electron chi connectivity index (χ3n) is 3.99. The number of hydrogen-bond acceptors (Lipinski definition) is 4. The number of carbonyl (C=O) groups excluding carboxylic acids is 1. The Labute approximate surface area is 126 Å². The Balaban J connectivity index is 1.67. The first kappa shape index (κ1) is 16.1. The number of ketones is 1. The highest BCUT2D eigenvalue weighted by molar-refractivity contribution is 5.82. The van der Waals surface area contributed by atoms with Gasteiger partial charge in [0.2, 0.25) is 0 Å². The molecule has 0 amide bonds. The van der Waals surface area contributed by atoms with E-state index in [0.717, 1.165) is 25.1 Å². The van der Waals surface area contributed by atoms with Crippen LogP contribution in [0.2, 0.25) is 0 Å². The van der Waals surface area contributed by atoms with Crippen LogP contribution >= 0.6 is 0 Å². The molecule has 1 aromatic rings. The van der Waals surface area contributed by atoms with Gasteiger partial charge in [-0.1, -0.05) is 37.3 Å². The van der Waals surface area contributed by atoms with E-state index in [-0.39, 0.29) is 5.92 Å². The molecular formula is C17H25NO3. The molecule has 1 saturated heterocycles. The van der Waals surface area contributed by atoms with Crippen LogP contribution in [0.1, 0.15) is 25.3 Å². The van der Waals surface area contributed by atoms with Crippen molar-refractivity contribution in [2.45, 2.75) is 32.5 Å². The van der Waals surface area contributed by atoms with E-state index in [1.165, 1.54) is 0 Å². The van der Waals surface area contributed by atoms with E-state index in [1.807, 2.05) is 37.3 Å². The van der Waals surface area contributed by atoms with Gasteiger partial charge in [0, 0.05) is 32.0 Å². The van der Waals surface area contributed by atoms with Crippen molar-refractivity contribution in [1.82, 2.24) is 4.90 Å². The van der Waals surface area contributed by atoms with Gasteiger partial charge < -0.3 is 9.84 Å². The fourth-order valence-electron chi connectivity index (χ4n) is 2.74. The van der Waals surface area contributed by atoms with Crippen LogP contribution in [0.4, 0.5) is 0 Å². The third kappa shape index (κ3) is 5.23. The van der Waals surface area contributed by atoms with Gasteiger partial charge in [0.15, 0.2) is 0 Å². The van der Waals surface area contributed by atoms with Crippen molar-refractivity contribution in [2.24, 2.45) is 5.92 Å². The molecular weight excluding hydrogens is 266 g/mol. The second-order valence-corrected chi connectivity index (χ2v) is 5.74. The summed E-state index contributed by atoms with van der Waals surface area (Å²) in [6.45, 7) is 5.00. The fourth-order valence-corrected chi connectivity index (χ4v) is 2.74. The Morgan fingerprint density at radius 1 is 1.38 bits per heavy atom. The van der Waals surface area contributed by atoms with E-state index < -0.39 is 6.10 Å². The van der Waals surface area contributed by atoms with Crippen LogP contribution in [0.5, 0.6) is 0 Å². The Bertz CT molecular complexity index is 435. The Morgan fingerprint density at radius 3 is 2.86 bits per heavy atom. The number of β-amino-alcohol motifs (C(OH)–C–C–N with tert-alkyl or cyclic N) is 1. The maximum atomic E-state index is 11.7. The zero-order valence-electron chi connectivity index (χ0n) is 12.7. The van der Waals surface area contributed by atoms with Crippen LogP contribution in [0.15, 0.2) is 30.3 Å². The summed E-state index contributed by atoms with van der Waals surface area (Å²) in [6, 6.07) is 9.94. The molecule has 0 spiro atoms. The smallest absolute Gasteiger partial charge is 0.138 e. The van der Waals surface area contributed by atoms with Crippen molar-refractivity contribution in [3.63, 3.8) is 0 Å². The van der Waals surface area contributed by atoms with Gasteiger partial charge in [0.25, 0.3) is 0 Å². The minimum atomic E-state index is -0.501. The molecule has 0 bridgehead atoms. The minimum absolute atomic E-state index is 0.135. The van der Waals surface area contributed by atoms with Gasteiger partial charge in [-0.2, -0.15) is 0 Å². The largest absolute Gasteiger partial charge is 0.389 e. The first-order valence-corrected chi connectivity index (χ1v) is 7.73. The van der Waals surface area contributed by atoms with E-state index >= 15 is 0 Å². The number of hydrogen-bond donors (Lipinski definition) is 1. The number of ether oxygens (including phenoxy) is 1. The number of carbonyl (C=O) groups is 1. The van der Waals surface area contributed by atoms with Crippen molar-refractivity contribution < 1.29 is 14.6 Å². The predicted octanol–water partition coefficient (Wildman–Crippen LogP) is 1.87. The number of benzene rings is 1. The summed E-state index contributed by atoms with van der Waals surface area (Å²) in [7, 11) is 0. The summed E-state index contributed by atoms with van der Waals surface area (Å²) in [5.41, 5.74) is 1.11. The summed E-state index contributed by atoms with van der Waals surface area (Å²) in [6.07, 6.45) is 0.992. The van der Waals surface area contributed by atoms with Gasteiger partial charge >= 0.3 is 0 Å². The number of Topliss-reactive ketones (excluding diaryl/α,β-unsaturated/α-hetero) is 1. The van der Waals surface area contributed by atoms with Crippen LogP contribution < -0.4 is 0 Å². The summed E-state index contributed by atoms with van der Waals surface area (Å²) >= 11 is 0. The highest BCUT2D eigenvalue weighted by Crippen LogP contribution is 2.16. The van der Waals surface area contributed by atoms with Crippen molar-refractivity contribution in [2.75, 3.05) is 26.2 Å². The van der Waals surface area contributed by atoms with Crippen LogP contribution in [0, 0.1) is 5.92 Å². The van der Waals surface area contributed by atoms with E-state index in [0.29, 0.717) is 32.0 Å². The van der Waals surface area contributed by atoms with E-state index in [4.69, 9.17) is 4.74 Å². The highest BCUT2D eigenvalue weighted by atomic mass is 16.5. The monoisotopic (exact) mass is 291 g/mol. The van der Waals surface area contributed by atoms with Gasteiger partial charge in [-0.15, -0.1) is 0 Å². The molecule has 2 unspecified atom stereocenters. The molecule has 4 nitrogen and oxygen atoms in total. The van der Waals surface area contributed by atoms with E-state index in [1.54, 1.807) is 0 Å². The van der Waals surface area contributed by atoms with Crippen molar-refractivity contribution in [1.29, 1.82) is 0 Å². The number of piperidine rings is 1. The standard InChI is InChI=1S/C17H25NO3/c1-2-15-10-18(9-8-17(15)20)11-16(19)13-21-12-14-6-4-3-5-7-14/h3-7,15-16,19H,2,8-13H2,1H3. The van der Waals surface area contributed by atoms with Crippen LogP contribution in [0.25, 0.3) is 0 Å². The molecule has 0 aliphatic carbocycles. The number of aliphatic hydroxyl groups excluding tert-OH is 1. The first-order valence-electron chi connectivity index (χ1n) is 7.73. The normalized spacial score (nSPS) is 21.4. The topological polar surface area (TPSA) is 49.8 Å². The minimum Gasteiger partial charge on any atom is -0.389 e. The van der Waals surface area contributed by atoms with Crippen molar-refractivity contribution in [3.05, 3.63) is 35.9 Å². The summed E-state index contributed by atoms with van der Waals surface area (Å²) in [4.78, 5) is 13.8. The second kappa shape index (κ2) is 8.27. The Kier molecular flexibility index (Phi) is 6.36. The summed E-state index contributed by atoms with van der Waals surface area (Å²) in [5.74, 6) is 0.500. The van der Waals surface area contributed by atoms with Gasteiger partial charge in [-0.25, -0.2) is 0 Å². The Hall–Kier alpha value is -1.23. The summed E-state index contributed by atoms with van der Waals surface area (Å²) in [5, 5.41) is 10.1. The first-order chi connectivity index (χ1) is 10.2. The molecule has 0 aromatic heterocycles. The molecule has 0 radical (unpaired) electrons. The average Bonchev–Trinajstić information content (AvgIpc) is 2.50. The number of likely N-dealkylation sites (tertiary alicyclic amines) is 1. The van der Waals surface area contributed by atoms with E-state index in [9.17, 15) is 9.90 Å². The van der Waals surface area contributed by atoms with Crippen LogP contribution in [-0.2, 0) is 16.1 Å². The molecule has 4 heteroatoms. The molecule has 2 atom stereocenters. The van der Waals surface area contributed by atoms with Gasteiger partial charge in [-0.05, 0) is 12.0 Å². The van der Waals surface area contributed by atoms with Crippen molar-refractivity contribution in [3.8, 4) is 0 Å². The quantitative estimate of drug-likeness (QED) is 0.833. The Morgan fingerprint density at radius 2 is 2.14 bits per heavy atom. The molecule has 1 fully saturated rings. The molecule has 1 aliphatic heterocycles. The van der Waals surface area contributed by atoms with E-state index in [2.05, 4.69) is 4.90 Å².